The highest BCUT2D eigenvalue weighted by molar-refractivity contribution is 5.80. The fourth-order valence-electron chi connectivity index (χ4n) is 3.94. The van der Waals surface area contributed by atoms with Crippen molar-refractivity contribution in [2.24, 2.45) is 0 Å². The maximum absolute atomic E-state index is 13.7. The molecule has 0 saturated heterocycles. The Morgan fingerprint density at radius 3 is 2.14 bits per heavy atom. The molecule has 3 aromatic rings. The van der Waals surface area contributed by atoms with Gasteiger partial charge in [-0.2, -0.15) is 26.3 Å². The van der Waals surface area contributed by atoms with Crippen molar-refractivity contribution in [1.29, 1.82) is 0 Å². The SMILES string of the molecule is CCN(C)Cc1cc(C(F)(F)F)ccc1-c1cc(CC(=O)NCCc2ccccc2)cc(C(F)(F)F)c1. The molecule has 3 nitrogen and oxygen atoms in total. The molecule has 3 aromatic carbocycles. The van der Waals surface area contributed by atoms with Gasteiger partial charge >= 0.3 is 12.4 Å². The molecule has 37 heavy (non-hydrogen) atoms. The highest BCUT2D eigenvalue weighted by Gasteiger charge is 2.33. The quantitative estimate of drug-likeness (QED) is 0.316. The summed E-state index contributed by atoms with van der Waals surface area (Å²) in [5, 5.41) is 2.71. The van der Waals surface area contributed by atoms with E-state index in [-0.39, 0.29) is 35.2 Å². The van der Waals surface area contributed by atoms with E-state index in [0.29, 0.717) is 19.5 Å². The second-order valence-electron chi connectivity index (χ2n) is 8.88. The standard InChI is InChI=1S/C28H28F6N2O/c1-3-36(2)18-22-17-23(27(29,30)31)9-10-25(22)21-13-20(14-24(16-21)28(32,33)34)15-26(37)35-12-11-19-7-5-4-6-8-19/h4-10,13-14,16-17H,3,11-12,15,18H2,1-2H3,(H,35,37). The van der Waals surface area contributed by atoms with Crippen LogP contribution < -0.4 is 5.32 Å². The van der Waals surface area contributed by atoms with Crippen LogP contribution in [0.5, 0.6) is 0 Å². The van der Waals surface area contributed by atoms with E-state index in [0.717, 1.165) is 29.8 Å². The molecule has 0 aliphatic rings. The van der Waals surface area contributed by atoms with Crippen molar-refractivity contribution in [3.63, 3.8) is 0 Å². The van der Waals surface area contributed by atoms with E-state index < -0.39 is 29.4 Å². The van der Waals surface area contributed by atoms with E-state index in [1.54, 1.807) is 11.9 Å². The summed E-state index contributed by atoms with van der Waals surface area (Å²) >= 11 is 0. The van der Waals surface area contributed by atoms with Gasteiger partial charge in [-0.3, -0.25) is 4.79 Å². The molecule has 0 aliphatic heterocycles. The van der Waals surface area contributed by atoms with Crippen LogP contribution in [-0.4, -0.2) is 30.9 Å². The molecule has 0 aliphatic carbocycles. The normalized spacial score (nSPS) is 12.1. The van der Waals surface area contributed by atoms with E-state index in [9.17, 15) is 31.1 Å². The summed E-state index contributed by atoms with van der Waals surface area (Å²) < 4.78 is 81.2. The topological polar surface area (TPSA) is 32.3 Å². The third-order valence-corrected chi connectivity index (χ3v) is 5.99. The number of hydrogen-bond donors (Lipinski definition) is 1. The molecule has 1 amide bonds. The van der Waals surface area contributed by atoms with Crippen molar-refractivity contribution in [2.75, 3.05) is 20.1 Å². The summed E-state index contributed by atoms with van der Waals surface area (Å²) in [6.45, 7) is 2.79. The molecular formula is C28H28F6N2O. The molecule has 0 radical (unpaired) electrons. The second-order valence-corrected chi connectivity index (χ2v) is 8.88. The van der Waals surface area contributed by atoms with E-state index in [4.69, 9.17) is 0 Å². The Hall–Kier alpha value is -3.33. The van der Waals surface area contributed by atoms with Crippen LogP contribution in [0.3, 0.4) is 0 Å². The minimum absolute atomic E-state index is 0.107. The van der Waals surface area contributed by atoms with Crippen molar-refractivity contribution in [1.82, 2.24) is 10.2 Å². The number of amides is 1. The maximum Gasteiger partial charge on any atom is 0.416 e. The molecule has 198 valence electrons. The lowest BCUT2D eigenvalue weighted by Gasteiger charge is -2.20. The van der Waals surface area contributed by atoms with Crippen LogP contribution in [0.25, 0.3) is 11.1 Å². The predicted molar refractivity (Wildman–Crippen MR) is 131 cm³/mol. The zero-order valence-corrected chi connectivity index (χ0v) is 20.5. The minimum atomic E-state index is -4.69. The van der Waals surface area contributed by atoms with E-state index in [1.807, 2.05) is 37.3 Å². The molecule has 0 fully saturated rings. The van der Waals surface area contributed by atoms with Gasteiger partial charge in [-0.15, -0.1) is 0 Å². The maximum atomic E-state index is 13.7. The summed E-state index contributed by atoms with van der Waals surface area (Å²) in [6.07, 6.45) is -9.01. The minimum Gasteiger partial charge on any atom is -0.355 e. The van der Waals surface area contributed by atoms with Crippen LogP contribution in [0.2, 0.25) is 0 Å². The molecule has 0 spiro atoms. The van der Waals surface area contributed by atoms with Gasteiger partial charge in [0, 0.05) is 13.1 Å². The third-order valence-electron chi connectivity index (χ3n) is 5.99. The molecule has 0 atom stereocenters. The molecule has 1 N–H and O–H groups in total. The van der Waals surface area contributed by atoms with Crippen molar-refractivity contribution in [3.8, 4) is 11.1 Å². The van der Waals surface area contributed by atoms with E-state index in [2.05, 4.69) is 5.32 Å². The highest BCUT2D eigenvalue weighted by atomic mass is 19.4. The highest BCUT2D eigenvalue weighted by Crippen LogP contribution is 2.37. The number of nitrogens with one attached hydrogen (secondary N) is 1. The van der Waals surface area contributed by atoms with Gasteiger partial charge in [0.05, 0.1) is 17.5 Å². The fourth-order valence-corrected chi connectivity index (χ4v) is 3.94. The number of hydrogen-bond acceptors (Lipinski definition) is 2. The van der Waals surface area contributed by atoms with Gasteiger partial charge in [-0.05, 0) is 72.1 Å². The monoisotopic (exact) mass is 522 g/mol. The lowest BCUT2D eigenvalue weighted by molar-refractivity contribution is -0.138. The molecule has 0 aromatic heterocycles. The first-order chi connectivity index (χ1) is 17.4. The van der Waals surface area contributed by atoms with Gasteiger partial charge in [0.25, 0.3) is 0 Å². The van der Waals surface area contributed by atoms with Crippen molar-refractivity contribution in [2.45, 2.75) is 38.7 Å². The molecule has 3 rings (SSSR count). The average Bonchev–Trinajstić information content (AvgIpc) is 2.83. The zero-order valence-electron chi connectivity index (χ0n) is 20.5. The first-order valence-electron chi connectivity index (χ1n) is 11.8. The van der Waals surface area contributed by atoms with Crippen LogP contribution >= 0.6 is 0 Å². The molecular weight excluding hydrogens is 494 g/mol. The van der Waals surface area contributed by atoms with E-state index >= 15 is 0 Å². The van der Waals surface area contributed by atoms with Gasteiger partial charge in [-0.25, -0.2) is 0 Å². The lowest BCUT2D eigenvalue weighted by atomic mass is 9.93. The smallest absolute Gasteiger partial charge is 0.355 e. The first kappa shape index (κ1) is 28.2. The molecule has 0 saturated carbocycles. The Morgan fingerprint density at radius 2 is 1.51 bits per heavy atom. The van der Waals surface area contributed by atoms with Crippen molar-refractivity contribution in [3.05, 3.63) is 94.5 Å². The van der Waals surface area contributed by atoms with Crippen LogP contribution in [-0.2, 0) is 36.5 Å². The number of halogens is 6. The Kier molecular flexibility index (Phi) is 9.02. The number of nitrogens with zero attached hydrogens (tertiary/aromatic N) is 1. The largest absolute Gasteiger partial charge is 0.416 e. The van der Waals surface area contributed by atoms with Crippen LogP contribution in [0.4, 0.5) is 26.3 Å². The number of carbonyl (C=O) groups excluding carboxylic acids is 1. The number of alkyl halides is 6. The number of rotatable bonds is 9. The Balaban J connectivity index is 1.92. The lowest BCUT2D eigenvalue weighted by Crippen LogP contribution is -2.27. The predicted octanol–water partition coefficient (Wildman–Crippen LogP) is 6.74. The van der Waals surface area contributed by atoms with Gasteiger partial charge in [0.15, 0.2) is 0 Å². The summed E-state index contributed by atoms with van der Waals surface area (Å²) in [6, 6.07) is 15.7. The molecule has 9 heteroatoms. The number of benzene rings is 3. The summed E-state index contributed by atoms with van der Waals surface area (Å²) in [7, 11) is 1.71. The zero-order chi connectivity index (χ0) is 27.2. The second kappa shape index (κ2) is 11.8. The van der Waals surface area contributed by atoms with Gasteiger partial charge in [0.2, 0.25) is 5.91 Å². The summed E-state index contributed by atoms with van der Waals surface area (Å²) in [5.41, 5.74) is -0.0997. The van der Waals surface area contributed by atoms with Crippen LogP contribution in [0.1, 0.15) is 34.7 Å². The number of carbonyl (C=O) groups is 1. The average molecular weight is 523 g/mol. The summed E-state index contributed by atoms with van der Waals surface area (Å²) in [5.74, 6) is -0.445. The van der Waals surface area contributed by atoms with Gasteiger partial charge < -0.3 is 10.2 Å². The van der Waals surface area contributed by atoms with Crippen molar-refractivity contribution < 1.29 is 31.1 Å². The van der Waals surface area contributed by atoms with Crippen molar-refractivity contribution >= 4 is 5.91 Å². The third kappa shape index (κ3) is 8.08. The Bertz CT molecular complexity index is 1210. The Labute approximate surface area is 212 Å². The van der Waals surface area contributed by atoms with E-state index in [1.165, 1.54) is 12.1 Å². The van der Waals surface area contributed by atoms with Gasteiger partial charge in [-0.1, -0.05) is 49.4 Å². The van der Waals surface area contributed by atoms with Gasteiger partial charge in [0.1, 0.15) is 0 Å². The molecule has 0 bridgehead atoms. The molecule has 0 heterocycles. The first-order valence-corrected chi connectivity index (χ1v) is 11.8. The Morgan fingerprint density at radius 1 is 0.838 bits per heavy atom. The van der Waals surface area contributed by atoms with Crippen LogP contribution in [0.15, 0.2) is 66.7 Å². The van der Waals surface area contributed by atoms with Crippen LogP contribution in [0, 0.1) is 0 Å². The summed E-state index contributed by atoms with van der Waals surface area (Å²) in [4.78, 5) is 14.3. The fraction of sp³-hybridized carbons (Fsp3) is 0.321. The molecule has 0 unspecified atom stereocenters.